The molecule has 0 bridgehead atoms. The summed E-state index contributed by atoms with van der Waals surface area (Å²) in [4.78, 5) is 13.4. The Kier molecular flexibility index (Phi) is 4.25. The van der Waals surface area contributed by atoms with Crippen LogP contribution in [0.2, 0.25) is 0 Å². The van der Waals surface area contributed by atoms with E-state index in [1.165, 1.54) is 12.1 Å². The molecular formula is C18H26N6O. The highest BCUT2D eigenvalue weighted by Crippen LogP contribution is 2.39. The molecule has 1 aromatic carbocycles. The van der Waals surface area contributed by atoms with Gasteiger partial charge in [-0.15, -0.1) is 0 Å². The van der Waals surface area contributed by atoms with E-state index in [1.807, 2.05) is 0 Å². The number of rotatable bonds is 2. The molecule has 2 aliphatic heterocycles. The number of nitrogens with zero attached hydrogens (tertiary/aromatic N) is 4. The van der Waals surface area contributed by atoms with Crippen molar-refractivity contribution in [3.63, 3.8) is 0 Å². The predicted molar refractivity (Wildman–Crippen MR) is 101 cm³/mol. The highest BCUT2D eigenvalue weighted by molar-refractivity contribution is 6.05. The smallest absolute Gasteiger partial charge is 0.220 e. The Bertz CT molecular complexity index is 671. The van der Waals surface area contributed by atoms with Crippen LogP contribution in [0.1, 0.15) is 32.1 Å². The molecule has 0 radical (unpaired) electrons. The van der Waals surface area contributed by atoms with Crippen LogP contribution in [0.5, 0.6) is 0 Å². The molecule has 0 unspecified atom stereocenters. The summed E-state index contributed by atoms with van der Waals surface area (Å²) in [5, 5.41) is 0. The second-order valence-electron chi connectivity index (χ2n) is 6.93. The van der Waals surface area contributed by atoms with E-state index < -0.39 is 0 Å². The first kappa shape index (κ1) is 16.2. The molecule has 25 heavy (non-hydrogen) atoms. The van der Waals surface area contributed by atoms with E-state index in [0.717, 1.165) is 57.7 Å². The molecule has 4 N–H and O–H groups in total. The maximum Gasteiger partial charge on any atom is 0.220 e. The second-order valence-corrected chi connectivity index (χ2v) is 6.93. The number of ether oxygens (including phenoxy) is 1. The SMILES string of the molecule is NC1=NC2(CCCCC2)N(c2ccc(N3CCOCC3)cc2)C(N)=N1. The van der Waals surface area contributed by atoms with Crippen LogP contribution in [-0.2, 0) is 4.74 Å². The Labute approximate surface area is 148 Å². The molecule has 2 fully saturated rings. The van der Waals surface area contributed by atoms with Crippen molar-refractivity contribution in [3.8, 4) is 0 Å². The van der Waals surface area contributed by atoms with Gasteiger partial charge in [0.05, 0.1) is 13.2 Å². The molecule has 1 aromatic rings. The Morgan fingerprint density at radius 1 is 0.920 bits per heavy atom. The first-order valence-electron chi connectivity index (χ1n) is 9.10. The van der Waals surface area contributed by atoms with Crippen molar-refractivity contribution in [1.29, 1.82) is 0 Å². The van der Waals surface area contributed by atoms with Gasteiger partial charge in [0.1, 0.15) is 5.66 Å². The van der Waals surface area contributed by atoms with E-state index in [4.69, 9.17) is 21.2 Å². The monoisotopic (exact) mass is 342 g/mol. The molecule has 1 aliphatic carbocycles. The van der Waals surface area contributed by atoms with E-state index in [0.29, 0.717) is 11.9 Å². The fourth-order valence-corrected chi connectivity index (χ4v) is 4.13. The lowest BCUT2D eigenvalue weighted by Crippen LogP contribution is -2.58. The molecule has 1 saturated heterocycles. The minimum atomic E-state index is -0.380. The summed E-state index contributed by atoms with van der Waals surface area (Å²) in [5.41, 5.74) is 14.1. The lowest BCUT2D eigenvalue weighted by molar-refractivity contribution is 0.122. The average Bonchev–Trinajstić information content (AvgIpc) is 2.63. The minimum absolute atomic E-state index is 0.292. The number of anilines is 2. The van der Waals surface area contributed by atoms with Crippen LogP contribution in [0.3, 0.4) is 0 Å². The van der Waals surface area contributed by atoms with Gasteiger partial charge in [0.2, 0.25) is 11.9 Å². The Morgan fingerprint density at radius 2 is 1.56 bits per heavy atom. The number of hydrogen-bond acceptors (Lipinski definition) is 7. The predicted octanol–water partition coefficient (Wildman–Crippen LogP) is 1.63. The summed E-state index contributed by atoms with van der Waals surface area (Å²) in [6.07, 6.45) is 5.40. The topological polar surface area (TPSA) is 92.5 Å². The van der Waals surface area contributed by atoms with Gasteiger partial charge in [-0.2, -0.15) is 4.99 Å². The third-order valence-electron chi connectivity index (χ3n) is 5.34. The lowest BCUT2D eigenvalue weighted by Gasteiger charge is -2.45. The average molecular weight is 342 g/mol. The maximum absolute atomic E-state index is 6.28. The number of guanidine groups is 2. The van der Waals surface area contributed by atoms with Crippen molar-refractivity contribution in [1.82, 2.24) is 0 Å². The first-order chi connectivity index (χ1) is 12.2. The molecule has 4 rings (SSSR count). The molecule has 1 spiro atoms. The highest BCUT2D eigenvalue weighted by atomic mass is 16.5. The van der Waals surface area contributed by atoms with Crippen molar-refractivity contribution >= 4 is 23.3 Å². The zero-order valence-electron chi connectivity index (χ0n) is 14.5. The van der Waals surface area contributed by atoms with Gasteiger partial charge in [0, 0.05) is 24.5 Å². The van der Waals surface area contributed by atoms with Crippen molar-refractivity contribution < 1.29 is 4.74 Å². The van der Waals surface area contributed by atoms with E-state index in [9.17, 15) is 0 Å². The van der Waals surface area contributed by atoms with Gasteiger partial charge in [-0.05, 0) is 49.9 Å². The van der Waals surface area contributed by atoms with Crippen molar-refractivity contribution in [3.05, 3.63) is 24.3 Å². The minimum Gasteiger partial charge on any atom is -0.378 e. The maximum atomic E-state index is 6.28. The van der Waals surface area contributed by atoms with Gasteiger partial charge in [-0.1, -0.05) is 6.42 Å². The fraction of sp³-hybridized carbons (Fsp3) is 0.556. The Hall–Kier alpha value is -2.28. The van der Waals surface area contributed by atoms with Crippen LogP contribution >= 0.6 is 0 Å². The number of hydrogen-bond donors (Lipinski definition) is 2. The molecule has 0 atom stereocenters. The summed E-state index contributed by atoms with van der Waals surface area (Å²) in [6.45, 7) is 3.42. The van der Waals surface area contributed by atoms with Crippen molar-refractivity contribution in [2.75, 3.05) is 36.1 Å². The molecule has 1 saturated carbocycles. The summed E-state index contributed by atoms with van der Waals surface area (Å²) in [5.74, 6) is 0.731. The third kappa shape index (κ3) is 3.04. The molecular weight excluding hydrogens is 316 g/mol. The van der Waals surface area contributed by atoms with Crippen LogP contribution in [0, 0.1) is 0 Å². The number of benzene rings is 1. The molecule has 0 aromatic heterocycles. The van der Waals surface area contributed by atoms with Gasteiger partial charge in [-0.3, -0.25) is 4.90 Å². The van der Waals surface area contributed by atoms with Crippen LogP contribution in [0.15, 0.2) is 34.3 Å². The third-order valence-corrected chi connectivity index (χ3v) is 5.34. The van der Waals surface area contributed by atoms with Crippen molar-refractivity contribution in [2.24, 2.45) is 21.5 Å². The van der Waals surface area contributed by atoms with Crippen LogP contribution in [0.4, 0.5) is 11.4 Å². The number of nitrogens with two attached hydrogens (primary N) is 2. The summed E-state index contributed by atoms with van der Waals surface area (Å²) in [7, 11) is 0. The summed E-state index contributed by atoms with van der Waals surface area (Å²) in [6, 6.07) is 8.51. The quantitative estimate of drug-likeness (QED) is 0.852. The van der Waals surface area contributed by atoms with Gasteiger partial charge in [0.15, 0.2) is 0 Å². The van der Waals surface area contributed by atoms with Crippen LogP contribution < -0.4 is 21.3 Å². The second kappa shape index (κ2) is 6.55. The summed E-state index contributed by atoms with van der Waals surface area (Å²) >= 11 is 0. The van der Waals surface area contributed by atoms with Gasteiger partial charge in [0.25, 0.3) is 0 Å². The number of aliphatic imine (C=N–C) groups is 2. The molecule has 0 amide bonds. The molecule has 7 heteroatoms. The normalized spacial score (nSPS) is 23.4. The molecule has 7 nitrogen and oxygen atoms in total. The van der Waals surface area contributed by atoms with Crippen molar-refractivity contribution in [2.45, 2.75) is 37.8 Å². The van der Waals surface area contributed by atoms with Crippen LogP contribution in [-0.4, -0.2) is 43.9 Å². The van der Waals surface area contributed by atoms with Gasteiger partial charge < -0.3 is 21.1 Å². The summed E-state index contributed by atoms with van der Waals surface area (Å²) < 4.78 is 5.43. The number of morpholine rings is 1. The molecule has 134 valence electrons. The van der Waals surface area contributed by atoms with E-state index in [1.54, 1.807) is 0 Å². The van der Waals surface area contributed by atoms with E-state index in [2.05, 4.69) is 39.1 Å². The zero-order chi connectivity index (χ0) is 17.3. The fourth-order valence-electron chi connectivity index (χ4n) is 4.13. The van der Waals surface area contributed by atoms with Gasteiger partial charge >= 0.3 is 0 Å². The highest BCUT2D eigenvalue weighted by Gasteiger charge is 2.42. The first-order valence-corrected chi connectivity index (χ1v) is 9.10. The molecule has 3 aliphatic rings. The zero-order valence-corrected chi connectivity index (χ0v) is 14.5. The standard InChI is InChI=1S/C18H26N6O/c19-16-21-17(20)24(18(22-16)8-2-1-3-9-18)15-6-4-14(5-7-15)23-10-12-25-13-11-23/h4-7H,1-3,8-13H2,(H4,19,20,21,22). The molecule has 2 heterocycles. The Balaban J connectivity index is 1.63. The largest absolute Gasteiger partial charge is 0.378 e. The lowest BCUT2D eigenvalue weighted by atomic mass is 9.87. The van der Waals surface area contributed by atoms with E-state index in [-0.39, 0.29) is 5.66 Å². The van der Waals surface area contributed by atoms with E-state index >= 15 is 0 Å². The van der Waals surface area contributed by atoms with Gasteiger partial charge in [-0.25, -0.2) is 4.99 Å². The van der Waals surface area contributed by atoms with Crippen LogP contribution in [0.25, 0.3) is 0 Å². The Morgan fingerprint density at radius 3 is 2.24 bits per heavy atom.